The third-order valence-electron chi connectivity index (χ3n) is 22.4. The summed E-state index contributed by atoms with van der Waals surface area (Å²) in [5, 5.41) is 143. The maximum atomic E-state index is 16.3. The number of hydrogen-bond acceptors (Lipinski definition) is 29. The van der Waals surface area contributed by atoms with Gasteiger partial charge in [-0.25, -0.2) is 9.80 Å². The first-order valence-corrected chi connectivity index (χ1v) is 41.8. The number of carboxylic acid groups (broad SMARTS) is 1. The summed E-state index contributed by atoms with van der Waals surface area (Å²) in [6.45, 7) is 7.77. The van der Waals surface area contributed by atoms with Crippen LogP contribution in [-0.2, 0) is 75.1 Å². The summed E-state index contributed by atoms with van der Waals surface area (Å²) in [5.74, 6) is -16.7. The molecular weight excluding hydrogens is 1750 g/mol. The Morgan fingerprint density at radius 3 is 1.94 bits per heavy atom. The van der Waals surface area contributed by atoms with Gasteiger partial charge in [-0.05, 0) is 145 Å². The van der Waals surface area contributed by atoms with E-state index < -0.39 is 243 Å². The molecule has 0 aromatic heterocycles. The van der Waals surface area contributed by atoms with Gasteiger partial charge in [-0.2, -0.15) is 0 Å². The van der Waals surface area contributed by atoms with Gasteiger partial charge >= 0.3 is 5.97 Å². The Hall–Kier alpha value is -11.0. The number of carbonyl (C=O) groups is 9. The summed E-state index contributed by atoms with van der Waals surface area (Å²) in [4.78, 5) is 132. The molecule has 11 bridgehead atoms. The normalized spacial score (nSPS) is 26.6. The Morgan fingerprint density at radius 1 is 0.661 bits per heavy atom. The van der Waals surface area contributed by atoms with Crippen LogP contribution in [0.3, 0.4) is 0 Å². The minimum atomic E-state index is -2.39. The number of aliphatic hydroxyl groups excluding tert-OH is 6. The molecule has 8 aliphatic rings. The van der Waals surface area contributed by atoms with Crippen LogP contribution in [0.2, 0.25) is 20.1 Å². The van der Waals surface area contributed by atoms with Gasteiger partial charge in [0.1, 0.15) is 89.5 Å². The molecule has 2 unspecified atom stereocenters. The lowest BCUT2D eigenvalue weighted by atomic mass is 9.84. The number of hydrazine groups is 1. The number of nitrogens with zero attached hydrogens (tertiary/aromatic N) is 1. The molecular formula is C85H94Cl4N12O26. The first-order chi connectivity index (χ1) is 60.3. The van der Waals surface area contributed by atoms with Crippen molar-refractivity contribution in [3.05, 3.63) is 174 Å². The molecule has 0 radical (unpaired) electrons. The number of nitrogens with one attached hydrogen (secondary N) is 10. The molecule has 3 saturated heterocycles. The number of carboxylic acids is 1. The van der Waals surface area contributed by atoms with Gasteiger partial charge in [0.25, 0.3) is 0 Å². The van der Waals surface area contributed by atoms with Crippen molar-refractivity contribution in [1.82, 2.24) is 47.5 Å². The molecule has 8 amide bonds. The van der Waals surface area contributed by atoms with E-state index in [4.69, 9.17) is 85.3 Å². The molecule has 0 saturated carbocycles. The Bertz CT molecular complexity index is 5390. The Kier molecular flexibility index (Phi) is 29.3. The zero-order valence-electron chi connectivity index (χ0n) is 68.5. The van der Waals surface area contributed by atoms with E-state index >= 15 is 24.0 Å². The molecule has 7 aromatic rings. The molecule has 38 nitrogen and oxygen atoms in total. The number of carbonyl (C=O) groups excluding carboxylic acids is 8. The van der Waals surface area contributed by atoms with Gasteiger partial charge in [-0.3, -0.25) is 38.4 Å². The number of nitrogens with two attached hydrogens (primary N) is 1. The number of hydrogen-bond donors (Lipinski definition) is 21. The second-order valence-corrected chi connectivity index (χ2v) is 33.7. The molecule has 8 heterocycles. The standard InChI is InChI=1S/C85H94Cl4N12O26/c1-35(2)20-52(91-5)77(113)98-68-70(108)40-9-14-56(48(88)25-40)123-58-27-42-28-59(74(58)127-84-75(73(111)72(110)60(34-102)125-84)126-63-32-85(4,76(112)36(3)122-63)92-33-38-7-12-50(100-101-16-18-121-19-17-101)51(22-38)93-62(107)23-37-6-11-46(86)47(87)21-37)124-57-15-10-41(26-49(57)89)71(109)69-82(118)97-67(83(119)120)45-29-43(103)30-55(105)64(45)44-24-39(8-13-54(44)104)65(79(115)99-69)96-80(116)66(42)95-78(114)53(31-61(90)106)94-81(68)117/h6-15,21-22,24-30,35-36,52-53,60,63,65-73,75-76,84,91-92,100,102-105,108-112H,16-20,23,31-34H2,1-5H3,(H2,90,106)(H,93,107)(H,94,117)(H,95,114)(H,96,116)(H,97,118)(H,98,113)(H,99,115)(H,119,120)/t36-,52+,53?,60+,63-,65+,66?,67+,68+,69-,70+,71+,72+,73-,75+,76+,84-,85-/m0/s1. The van der Waals surface area contributed by atoms with Gasteiger partial charge in [-0.1, -0.05) is 90.6 Å². The second kappa shape index (κ2) is 39.7. The summed E-state index contributed by atoms with van der Waals surface area (Å²) in [6.07, 6.45) is -19.5. The predicted molar refractivity (Wildman–Crippen MR) is 453 cm³/mol. The number of phenols is 3. The molecule has 8 aliphatic heterocycles. The number of benzene rings is 7. The van der Waals surface area contributed by atoms with E-state index in [0.29, 0.717) is 53.8 Å². The first-order valence-electron chi connectivity index (χ1n) is 40.2. The molecule has 678 valence electrons. The molecule has 15 rings (SSSR count). The minimum Gasteiger partial charge on any atom is -0.508 e. The van der Waals surface area contributed by atoms with Gasteiger partial charge in [-0.15, -0.1) is 0 Å². The highest BCUT2D eigenvalue weighted by Crippen LogP contribution is 2.50. The zero-order valence-corrected chi connectivity index (χ0v) is 71.5. The van der Waals surface area contributed by atoms with Crippen molar-refractivity contribution < 1.29 is 127 Å². The summed E-state index contributed by atoms with van der Waals surface area (Å²) in [6, 6.07) is 9.19. The third-order valence-corrected chi connectivity index (χ3v) is 23.8. The van der Waals surface area contributed by atoms with Crippen LogP contribution in [0.1, 0.15) is 116 Å². The fraction of sp³-hybridized carbons (Fsp3) is 0.400. The quantitative estimate of drug-likeness (QED) is 0.0482. The molecule has 42 heteroatoms. The monoisotopic (exact) mass is 1840 g/mol. The van der Waals surface area contributed by atoms with E-state index in [1.54, 1.807) is 43.3 Å². The summed E-state index contributed by atoms with van der Waals surface area (Å²) in [5.41, 5.74) is 6.93. The fourth-order valence-electron chi connectivity index (χ4n) is 15.7. The number of phenolic OH excluding ortho intramolecular Hbond substituents is 3. The van der Waals surface area contributed by atoms with Crippen molar-refractivity contribution in [2.75, 3.05) is 50.7 Å². The van der Waals surface area contributed by atoms with Crippen molar-refractivity contribution in [2.24, 2.45) is 11.7 Å². The SMILES string of the molecule is CN[C@H](CC(C)C)C(=O)N[C@H]1C(=O)NC(CC(N)=O)C(=O)NC2C(=O)N[C@H]3C(=O)N[C@H](C(=O)N[C@@H](C(=O)O)c4cc(O)cc(O)c4-c4cc3ccc4O)[C@H](O)c3ccc(c(Cl)c3)Oc3cc2cc(c3O[C@@H]2O[C@H](CO)[C@@H](O)[C@H](O)[C@H]2O[C@H]2C[C@](C)(NCc3ccc(NN4CCOCC4)c(NC(=O)Cc4ccc(Cl)c(Cl)c4)c3)[C@H](O)[C@H](C)O2)Oc2ccc(cc2Cl)[C@H]1O. The maximum absolute atomic E-state index is 16.3. The van der Waals surface area contributed by atoms with Crippen LogP contribution in [0.4, 0.5) is 11.4 Å². The topological polar surface area (TPSA) is 570 Å². The molecule has 18 atom stereocenters. The molecule has 0 spiro atoms. The largest absolute Gasteiger partial charge is 0.508 e. The molecule has 7 aromatic carbocycles. The Morgan fingerprint density at radius 2 is 1.31 bits per heavy atom. The Balaban J connectivity index is 0.947. The van der Waals surface area contributed by atoms with Crippen LogP contribution < -0.4 is 73.2 Å². The number of anilines is 2. The van der Waals surface area contributed by atoms with Crippen molar-refractivity contribution in [1.29, 1.82) is 0 Å². The summed E-state index contributed by atoms with van der Waals surface area (Å²) in [7, 11) is 1.47. The van der Waals surface area contributed by atoms with Gasteiger partial charge < -0.3 is 143 Å². The van der Waals surface area contributed by atoms with E-state index in [-0.39, 0.29) is 64.2 Å². The number of halogens is 4. The number of aromatic hydroxyl groups is 3. The number of aliphatic carboxylic acids is 1. The minimum absolute atomic E-state index is 0.0164. The van der Waals surface area contributed by atoms with Gasteiger partial charge in [0.05, 0.1) is 82.4 Å². The summed E-state index contributed by atoms with van der Waals surface area (Å²) >= 11 is 26.9. The van der Waals surface area contributed by atoms with E-state index in [2.05, 4.69) is 53.3 Å². The van der Waals surface area contributed by atoms with E-state index in [9.17, 15) is 70.2 Å². The van der Waals surface area contributed by atoms with E-state index in [1.165, 1.54) is 26.1 Å². The number of aliphatic hydroxyl groups is 6. The van der Waals surface area contributed by atoms with Crippen molar-refractivity contribution >= 4 is 111 Å². The highest BCUT2D eigenvalue weighted by Gasteiger charge is 2.52. The van der Waals surface area contributed by atoms with Gasteiger partial charge in [0.15, 0.2) is 29.9 Å². The zero-order chi connectivity index (χ0) is 91.5. The van der Waals surface area contributed by atoms with Crippen LogP contribution >= 0.6 is 46.4 Å². The summed E-state index contributed by atoms with van der Waals surface area (Å²) < 4.78 is 45.3. The van der Waals surface area contributed by atoms with Crippen LogP contribution in [0.15, 0.2) is 115 Å². The molecule has 22 N–H and O–H groups in total. The van der Waals surface area contributed by atoms with Gasteiger partial charge in [0, 0.05) is 54.4 Å². The van der Waals surface area contributed by atoms with Gasteiger partial charge in [0.2, 0.25) is 59.3 Å². The number of primary amides is 1. The number of likely N-dealkylation sites (N-methyl/N-ethyl adjacent to an activating group) is 1. The fourth-order valence-corrected chi connectivity index (χ4v) is 16.5. The van der Waals surface area contributed by atoms with Crippen LogP contribution in [0, 0.1) is 5.92 Å². The smallest absolute Gasteiger partial charge is 0.330 e. The van der Waals surface area contributed by atoms with Crippen molar-refractivity contribution in [3.63, 3.8) is 0 Å². The first kappa shape index (κ1) is 93.6. The predicted octanol–water partition coefficient (Wildman–Crippen LogP) is 4.08. The number of ether oxygens (including phenoxy) is 7. The van der Waals surface area contributed by atoms with E-state index in [1.807, 2.05) is 18.9 Å². The third kappa shape index (κ3) is 21.2. The number of rotatable bonds is 21. The second-order valence-electron chi connectivity index (χ2n) is 32.0. The average molecular weight is 1840 g/mol. The number of morpholine rings is 1. The Labute approximate surface area is 744 Å². The molecule has 0 aliphatic carbocycles. The average Bonchev–Trinajstić information content (AvgIpc) is 0.766. The molecule has 127 heavy (non-hydrogen) atoms. The maximum Gasteiger partial charge on any atom is 0.330 e. The lowest BCUT2D eigenvalue weighted by Gasteiger charge is -2.48. The van der Waals surface area contributed by atoms with Crippen LogP contribution in [0.25, 0.3) is 11.1 Å². The van der Waals surface area contributed by atoms with E-state index in [0.717, 1.165) is 66.7 Å². The number of amides is 8. The highest BCUT2D eigenvalue weighted by molar-refractivity contribution is 6.42. The lowest BCUT2D eigenvalue weighted by molar-refractivity contribution is -0.334. The lowest BCUT2D eigenvalue weighted by Crippen LogP contribution is -2.65. The van der Waals surface area contributed by atoms with Crippen molar-refractivity contribution in [2.45, 2.75) is 169 Å². The highest BCUT2D eigenvalue weighted by atomic mass is 35.5. The van der Waals surface area contributed by atoms with Crippen molar-refractivity contribution in [3.8, 4) is 57.1 Å². The van der Waals surface area contributed by atoms with Crippen LogP contribution in [-0.4, -0.2) is 228 Å². The number of fused-ring (bicyclic) bond motifs is 15. The van der Waals surface area contributed by atoms with Crippen LogP contribution in [0.5, 0.6) is 46.0 Å². The molecule has 3 fully saturated rings.